The Balaban J connectivity index is 1.84. The maximum atomic E-state index is 13.2. The minimum Gasteiger partial charge on any atom is -0.394 e. The first kappa shape index (κ1) is 57.9. The number of carbonyl (C=O) groups is 1. The molecule has 372 valence electrons. The molecule has 0 aromatic heterocycles. The molecule has 12 atom stereocenters. The fraction of sp³-hybridized carbons (Fsp3) is 0.939. The molecular weight excluding hydrogens is 811 g/mol. The van der Waals surface area contributed by atoms with Crippen LogP contribution in [0.5, 0.6) is 0 Å². The first-order valence-corrected chi connectivity index (χ1v) is 25.4. The van der Waals surface area contributed by atoms with Crippen molar-refractivity contribution in [1.82, 2.24) is 5.32 Å². The highest BCUT2D eigenvalue weighted by molar-refractivity contribution is 5.76. The van der Waals surface area contributed by atoms with Crippen molar-refractivity contribution in [3.05, 3.63) is 12.2 Å². The molecule has 63 heavy (non-hydrogen) atoms. The maximum Gasteiger partial charge on any atom is 0.220 e. The molecule has 0 bridgehead atoms. The average molecular weight is 904 g/mol. The number of unbranched alkanes of at least 4 members (excludes halogenated alkanes) is 24. The van der Waals surface area contributed by atoms with Crippen LogP contribution < -0.4 is 5.32 Å². The molecule has 0 aliphatic carbocycles. The number of nitrogens with one attached hydrogen (secondary N) is 1. The van der Waals surface area contributed by atoms with E-state index in [1.165, 1.54) is 103 Å². The van der Waals surface area contributed by atoms with Gasteiger partial charge in [0.15, 0.2) is 12.6 Å². The molecule has 2 saturated heterocycles. The molecule has 0 aromatic rings. The molecular formula is C49H93NO13. The summed E-state index contributed by atoms with van der Waals surface area (Å²) in [6.45, 7) is 2.84. The maximum absolute atomic E-state index is 13.2. The van der Waals surface area contributed by atoms with Gasteiger partial charge in [0, 0.05) is 6.42 Å². The minimum atomic E-state index is -1.78. The Morgan fingerprint density at radius 3 is 1.51 bits per heavy atom. The molecule has 1 amide bonds. The molecule has 2 aliphatic rings. The highest BCUT2D eigenvalue weighted by Gasteiger charge is 2.51. The van der Waals surface area contributed by atoms with Crippen LogP contribution in [0, 0.1) is 0 Å². The predicted octanol–water partition coefficient (Wildman–Crippen LogP) is 6.38. The molecule has 0 aromatic carbocycles. The van der Waals surface area contributed by atoms with Crippen LogP contribution in [0.2, 0.25) is 0 Å². The Hall–Kier alpha value is -1.27. The smallest absolute Gasteiger partial charge is 0.220 e. The van der Waals surface area contributed by atoms with Crippen LogP contribution in [0.1, 0.15) is 200 Å². The number of hydrogen-bond donors (Lipinski definition) is 9. The van der Waals surface area contributed by atoms with Crippen molar-refractivity contribution < 1.29 is 64.6 Å². The van der Waals surface area contributed by atoms with E-state index in [-0.39, 0.29) is 12.5 Å². The summed E-state index contributed by atoms with van der Waals surface area (Å²) in [4.78, 5) is 13.2. The van der Waals surface area contributed by atoms with Crippen LogP contribution in [0.15, 0.2) is 12.2 Å². The number of rotatable bonds is 39. The summed E-state index contributed by atoms with van der Waals surface area (Å²) >= 11 is 0. The van der Waals surface area contributed by atoms with Crippen molar-refractivity contribution in [2.24, 2.45) is 0 Å². The number of ether oxygens (including phenoxy) is 4. The Kier molecular flexibility index (Phi) is 33.8. The van der Waals surface area contributed by atoms with Crippen molar-refractivity contribution in [1.29, 1.82) is 0 Å². The summed E-state index contributed by atoms with van der Waals surface area (Å²) in [6.07, 6.45) is 20.6. The number of carbonyl (C=O) groups excluding carboxylic acids is 1. The lowest BCUT2D eigenvalue weighted by atomic mass is 9.97. The van der Waals surface area contributed by atoms with Crippen molar-refractivity contribution in [3.63, 3.8) is 0 Å². The Morgan fingerprint density at radius 2 is 1.00 bits per heavy atom. The second-order valence-electron chi connectivity index (χ2n) is 18.3. The minimum absolute atomic E-state index is 0.215. The zero-order chi connectivity index (χ0) is 46.1. The Morgan fingerprint density at radius 1 is 0.556 bits per heavy atom. The monoisotopic (exact) mass is 904 g/mol. The molecule has 0 saturated carbocycles. The highest BCUT2D eigenvalue weighted by Crippen LogP contribution is 2.30. The third-order valence-electron chi connectivity index (χ3n) is 12.7. The summed E-state index contributed by atoms with van der Waals surface area (Å²) in [5.41, 5.74) is 0. The zero-order valence-electron chi connectivity index (χ0n) is 39.3. The van der Waals surface area contributed by atoms with E-state index in [9.17, 15) is 45.6 Å². The highest BCUT2D eigenvalue weighted by atomic mass is 16.7. The van der Waals surface area contributed by atoms with Gasteiger partial charge in [0.05, 0.1) is 32.0 Å². The van der Waals surface area contributed by atoms with Crippen molar-refractivity contribution in [2.75, 3.05) is 19.8 Å². The molecule has 0 radical (unpaired) electrons. The summed E-state index contributed by atoms with van der Waals surface area (Å²) in [7, 11) is 0. The molecule has 2 rings (SSSR count). The standard InChI is InChI=1S/C49H93NO13/c1-3-5-7-9-11-13-15-17-19-21-23-25-27-29-31-33-41(54)50-37(38(53)32-30-28-26-24-22-20-18-16-14-12-10-8-6-4-2)36-60-48-46(59)44(57)47(40(35-52)62-48)63-49-45(58)43(56)42(55)39(34-51)61-49/h17,19,37-40,42-49,51-53,55-59H,3-16,18,20-36H2,1-2H3,(H,50,54)/b19-17-. The molecule has 9 N–H and O–H groups in total. The summed E-state index contributed by atoms with van der Waals surface area (Å²) in [5, 5.41) is 86.8. The zero-order valence-corrected chi connectivity index (χ0v) is 39.3. The first-order valence-electron chi connectivity index (χ1n) is 25.4. The van der Waals surface area contributed by atoms with Crippen LogP contribution in [-0.2, 0) is 23.7 Å². The lowest BCUT2D eigenvalue weighted by Gasteiger charge is -2.46. The van der Waals surface area contributed by atoms with E-state index < -0.39 is 86.8 Å². The Bertz CT molecular complexity index is 1120. The van der Waals surface area contributed by atoms with Gasteiger partial charge in [0.25, 0.3) is 0 Å². The van der Waals surface area contributed by atoms with Gasteiger partial charge in [-0.2, -0.15) is 0 Å². The van der Waals surface area contributed by atoms with E-state index >= 15 is 0 Å². The van der Waals surface area contributed by atoms with Gasteiger partial charge in [-0.3, -0.25) is 4.79 Å². The third kappa shape index (κ3) is 24.4. The van der Waals surface area contributed by atoms with Crippen LogP contribution in [0.3, 0.4) is 0 Å². The first-order chi connectivity index (χ1) is 30.6. The van der Waals surface area contributed by atoms with Gasteiger partial charge in [0.1, 0.15) is 48.8 Å². The van der Waals surface area contributed by atoms with Gasteiger partial charge in [-0.25, -0.2) is 0 Å². The summed E-state index contributed by atoms with van der Waals surface area (Å²) in [5.74, 6) is -0.215. The second kappa shape index (κ2) is 36.8. The molecule has 2 fully saturated rings. The van der Waals surface area contributed by atoms with E-state index in [0.717, 1.165) is 64.2 Å². The number of aliphatic hydroxyl groups excluding tert-OH is 8. The van der Waals surface area contributed by atoms with Gasteiger partial charge in [-0.15, -0.1) is 0 Å². The van der Waals surface area contributed by atoms with E-state index in [0.29, 0.717) is 19.3 Å². The number of amides is 1. The second-order valence-corrected chi connectivity index (χ2v) is 18.3. The third-order valence-corrected chi connectivity index (χ3v) is 12.7. The van der Waals surface area contributed by atoms with Crippen molar-refractivity contribution in [2.45, 2.75) is 274 Å². The van der Waals surface area contributed by atoms with E-state index in [2.05, 4.69) is 31.3 Å². The largest absolute Gasteiger partial charge is 0.394 e. The Labute approximate surface area is 380 Å². The molecule has 12 unspecified atom stereocenters. The van der Waals surface area contributed by atoms with Gasteiger partial charge in [-0.1, -0.05) is 167 Å². The number of allylic oxidation sites excluding steroid dienone is 2. The lowest BCUT2D eigenvalue weighted by molar-refractivity contribution is -0.359. The summed E-state index contributed by atoms with van der Waals surface area (Å²) in [6, 6.07) is -0.828. The predicted molar refractivity (Wildman–Crippen MR) is 245 cm³/mol. The van der Waals surface area contributed by atoms with Crippen LogP contribution in [0.25, 0.3) is 0 Å². The molecule has 2 heterocycles. The van der Waals surface area contributed by atoms with Gasteiger partial charge >= 0.3 is 0 Å². The topological polar surface area (TPSA) is 228 Å². The molecule has 2 aliphatic heterocycles. The number of aliphatic hydroxyl groups is 8. The normalized spacial score (nSPS) is 27.5. The molecule has 14 nitrogen and oxygen atoms in total. The fourth-order valence-corrected chi connectivity index (χ4v) is 8.52. The van der Waals surface area contributed by atoms with E-state index in [1.54, 1.807) is 0 Å². The van der Waals surface area contributed by atoms with Gasteiger partial charge < -0.3 is 65.1 Å². The SMILES string of the molecule is CCCCCCCC/C=C\CCCCCCCC(=O)NC(COC1OC(CO)C(OC2OC(CO)C(O)C(O)C2O)C(O)C1O)C(O)CCCCCCCCCCCCCCCC. The van der Waals surface area contributed by atoms with E-state index in [4.69, 9.17) is 18.9 Å². The van der Waals surface area contributed by atoms with Crippen molar-refractivity contribution in [3.8, 4) is 0 Å². The summed E-state index contributed by atoms with van der Waals surface area (Å²) < 4.78 is 22.7. The molecule has 0 spiro atoms. The van der Waals surface area contributed by atoms with E-state index in [1.807, 2.05) is 0 Å². The quantitative estimate of drug-likeness (QED) is 0.0241. The van der Waals surface area contributed by atoms with Crippen LogP contribution >= 0.6 is 0 Å². The van der Waals surface area contributed by atoms with Crippen LogP contribution in [-0.4, -0.2) is 140 Å². The number of hydrogen-bond acceptors (Lipinski definition) is 13. The lowest BCUT2D eigenvalue weighted by Crippen LogP contribution is -2.65. The van der Waals surface area contributed by atoms with Crippen molar-refractivity contribution >= 4 is 5.91 Å². The van der Waals surface area contributed by atoms with Crippen LogP contribution in [0.4, 0.5) is 0 Å². The van der Waals surface area contributed by atoms with Gasteiger partial charge in [-0.05, 0) is 38.5 Å². The molecule has 14 heteroatoms. The van der Waals surface area contributed by atoms with Gasteiger partial charge in [0.2, 0.25) is 5.91 Å². The fourth-order valence-electron chi connectivity index (χ4n) is 8.52. The average Bonchev–Trinajstić information content (AvgIpc) is 3.28.